The van der Waals surface area contributed by atoms with Crippen LogP contribution in [-0.2, 0) is 0 Å². The number of Topliss-reactive ketones (excluding diaryl/α,β-unsaturated/α-hetero) is 1. The molecule has 1 nitrogen and oxygen atoms in total. The Morgan fingerprint density at radius 3 is 2.47 bits per heavy atom. The van der Waals surface area contributed by atoms with Gasteiger partial charge in [0, 0.05) is 0 Å². The first kappa shape index (κ1) is 12.0. The van der Waals surface area contributed by atoms with Crippen LogP contribution in [0.2, 0.25) is 0 Å². The first-order valence-corrected chi connectivity index (χ1v) is 4.63. The van der Waals surface area contributed by atoms with Gasteiger partial charge < -0.3 is 0 Å². The Morgan fingerprint density at radius 2 is 2.00 bits per heavy atom. The van der Waals surface area contributed by atoms with Crippen LogP contribution in [-0.4, -0.2) is 11.2 Å². The number of carbonyl (C=O) groups is 1. The van der Waals surface area contributed by atoms with Crippen LogP contribution in [0.4, 0.5) is 13.2 Å². The molecule has 1 atom stereocenters. The molecule has 0 aliphatic carbocycles. The van der Waals surface area contributed by atoms with Crippen molar-refractivity contribution in [2.24, 2.45) is 0 Å². The molecule has 0 saturated heterocycles. The van der Waals surface area contributed by atoms with Gasteiger partial charge in [-0.2, -0.15) is 0 Å². The number of alkyl halides is 3. The van der Waals surface area contributed by atoms with Crippen molar-refractivity contribution >= 4 is 17.4 Å². The molecule has 1 rings (SSSR count). The van der Waals surface area contributed by atoms with Gasteiger partial charge in [0.25, 0.3) is 6.43 Å². The Labute approximate surface area is 89.9 Å². The Balaban J connectivity index is 3.21. The Kier molecular flexibility index (Phi) is 3.74. The average Bonchev–Trinajstić information content (AvgIpc) is 2.16. The fourth-order valence-electron chi connectivity index (χ4n) is 1.12. The predicted octanol–water partition coefficient (Wildman–Crippen LogP) is 3.57. The zero-order valence-corrected chi connectivity index (χ0v) is 8.56. The molecular weight excluding hydrogens is 229 g/mol. The van der Waals surface area contributed by atoms with Gasteiger partial charge in [-0.3, -0.25) is 4.79 Å². The minimum Gasteiger partial charge on any atom is -0.292 e. The van der Waals surface area contributed by atoms with Gasteiger partial charge in [-0.25, -0.2) is 13.2 Å². The second kappa shape index (κ2) is 4.66. The third-order valence-electron chi connectivity index (χ3n) is 1.89. The molecule has 1 unspecified atom stereocenters. The van der Waals surface area contributed by atoms with Crippen molar-refractivity contribution in [2.75, 3.05) is 0 Å². The lowest BCUT2D eigenvalue weighted by atomic mass is 10.0. The van der Waals surface area contributed by atoms with Crippen molar-refractivity contribution in [3.05, 3.63) is 35.1 Å². The standard InChI is InChI=1S/C10H8ClF3O/c1-5(11)9(15)6-3-2-4-7(8(6)12)10(13)14/h2-5,10H,1H3. The molecule has 0 amide bonds. The van der Waals surface area contributed by atoms with Crippen LogP contribution in [0.3, 0.4) is 0 Å². The summed E-state index contributed by atoms with van der Waals surface area (Å²) in [5.41, 5.74) is -1.17. The Hall–Kier alpha value is -1.03. The first-order valence-electron chi connectivity index (χ1n) is 4.20. The summed E-state index contributed by atoms with van der Waals surface area (Å²) >= 11 is 5.46. The van der Waals surface area contributed by atoms with E-state index in [1.807, 2.05) is 0 Å². The van der Waals surface area contributed by atoms with Crippen molar-refractivity contribution < 1.29 is 18.0 Å². The summed E-state index contributed by atoms with van der Waals surface area (Å²) in [6.45, 7) is 1.36. The maximum Gasteiger partial charge on any atom is 0.266 e. The summed E-state index contributed by atoms with van der Waals surface area (Å²) in [5.74, 6) is -1.89. The molecule has 1 aromatic rings. The minimum atomic E-state index is -2.94. The molecule has 0 saturated carbocycles. The molecule has 0 aromatic heterocycles. The normalized spacial score (nSPS) is 12.9. The molecule has 0 radical (unpaired) electrons. The van der Waals surface area contributed by atoms with Crippen LogP contribution >= 0.6 is 11.6 Å². The van der Waals surface area contributed by atoms with Crippen LogP contribution < -0.4 is 0 Å². The van der Waals surface area contributed by atoms with Gasteiger partial charge in [0.2, 0.25) is 0 Å². The van der Waals surface area contributed by atoms with E-state index < -0.39 is 34.5 Å². The number of rotatable bonds is 3. The fourth-order valence-corrected chi connectivity index (χ4v) is 1.24. The van der Waals surface area contributed by atoms with Gasteiger partial charge in [-0.15, -0.1) is 11.6 Å². The summed E-state index contributed by atoms with van der Waals surface area (Å²) in [5, 5.41) is -0.938. The van der Waals surface area contributed by atoms with E-state index >= 15 is 0 Å². The molecule has 5 heteroatoms. The highest BCUT2D eigenvalue weighted by atomic mass is 35.5. The van der Waals surface area contributed by atoms with Gasteiger partial charge in [0.15, 0.2) is 5.78 Å². The number of hydrogen-bond donors (Lipinski definition) is 0. The van der Waals surface area contributed by atoms with Crippen LogP contribution in [0.1, 0.15) is 29.3 Å². The molecule has 0 N–H and O–H groups in total. The maximum atomic E-state index is 13.4. The first-order chi connectivity index (χ1) is 6.95. The third-order valence-corrected chi connectivity index (χ3v) is 2.09. The highest BCUT2D eigenvalue weighted by Crippen LogP contribution is 2.25. The molecule has 82 valence electrons. The quantitative estimate of drug-likeness (QED) is 0.579. The van der Waals surface area contributed by atoms with E-state index in [-0.39, 0.29) is 0 Å². The molecule has 0 bridgehead atoms. The van der Waals surface area contributed by atoms with Crippen molar-refractivity contribution in [2.45, 2.75) is 18.7 Å². The van der Waals surface area contributed by atoms with Gasteiger partial charge in [0.05, 0.1) is 16.5 Å². The second-order valence-electron chi connectivity index (χ2n) is 2.99. The maximum absolute atomic E-state index is 13.4. The lowest BCUT2D eigenvalue weighted by molar-refractivity contribution is 0.0986. The lowest BCUT2D eigenvalue weighted by Gasteiger charge is -2.07. The summed E-state index contributed by atoms with van der Waals surface area (Å²) in [6.07, 6.45) is -2.94. The van der Waals surface area contributed by atoms with Crippen molar-refractivity contribution in [3.8, 4) is 0 Å². The predicted molar refractivity (Wildman–Crippen MR) is 51.0 cm³/mol. The zero-order chi connectivity index (χ0) is 11.6. The van der Waals surface area contributed by atoms with Crippen molar-refractivity contribution in [3.63, 3.8) is 0 Å². The monoisotopic (exact) mass is 236 g/mol. The number of hydrogen-bond acceptors (Lipinski definition) is 1. The van der Waals surface area contributed by atoms with E-state index in [1.54, 1.807) is 0 Å². The molecule has 15 heavy (non-hydrogen) atoms. The van der Waals surface area contributed by atoms with Gasteiger partial charge in [-0.05, 0) is 13.0 Å². The highest BCUT2D eigenvalue weighted by Gasteiger charge is 2.22. The van der Waals surface area contributed by atoms with E-state index in [9.17, 15) is 18.0 Å². The Morgan fingerprint density at radius 1 is 1.40 bits per heavy atom. The number of benzene rings is 1. The molecule has 0 spiro atoms. The topological polar surface area (TPSA) is 17.1 Å². The summed E-state index contributed by atoms with van der Waals surface area (Å²) in [7, 11) is 0. The van der Waals surface area contributed by atoms with Crippen LogP contribution in [0, 0.1) is 5.82 Å². The van der Waals surface area contributed by atoms with Crippen LogP contribution in [0.5, 0.6) is 0 Å². The molecule has 0 heterocycles. The number of ketones is 1. The lowest BCUT2D eigenvalue weighted by Crippen LogP contribution is -2.13. The number of carbonyl (C=O) groups excluding carboxylic acids is 1. The van der Waals surface area contributed by atoms with E-state index in [2.05, 4.69) is 0 Å². The van der Waals surface area contributed by atoms with Crippen LogP contribution in [0.25, 0.3) is 0 Å². The molecule has 1 aromatic carbocycles. The SMILES string of the molecule is CC(Cl)C(=O)c1cccc(C(F)F)c1F. The van der Waals surface area contributed by atoms with Gasteiger partial charge >= 0.3 is 0 Å². The van der Waals surface area contributed by atoms with E-state index in [4.69, 9.17) is 11.6 Å². The van der Waals surface area contributed by atoms with Gasteiger partial charge in [0.1, 0.15) is 5.82 Å². The smallest absolute Gasteiger partial charge is 0.266 e. The van der Waals surface area contributed by atoms with E-state index in [0.29, 0.717) is 0 Å². The second-order valence-corrected chi connectivity index (χ2v) is 3.64. The molecule has 0 fully saturated rings. The average molecular weight is 237 g/mol. The van der Waals surface area contributed by atoms with Crippen molar-refractivity contribution in [1.82, 2.24) is 0 Å². The summed E-state index contributed by atoms with van der Waals surface area (Å²) < 4.78 is 38.0. The van der Waals surface area contributed by atoms with E-state index in [0.717, 1.165) is 12.1 Å². The fraction of sp³-hybridized carbons (Fsp3) is 0.300. The molecular formula is C10H8ClF3O. The van der Waals surface area contributed by atoms with E-state index in [1.165, 1.54) is 13.0 Å². The van der Waals surface area contributed by atoms with Gasteiger partial charge in [-0.1, -0.05) is 12.1 Å². The van der Waals surface area contributed by atoms with Crippen LogP contribution in [0.15, 0.2) is 18.2 Å². The zero-order valence-electron chi connectivity index (χ0n) is 7.81. The number of halogens is 4. The highest BCUT2D eigenvalue weighted by molar-refractivity contribution is 6.33. The minimum absolute atomic E-state index is 0.393. The molecule has 0 aliphatic heterocycles. The third kappa shape index (κ3) is 2.50. The Bertz CT molecular complexity index is 377. The largest absolute Gasteiger partial charge is 0.292 e. The van der Waals surface area contributed by atoms with Crippen molar-refractivity contribution in [1.29, 1.82) is 0 Å². The summed E-state index contributed by atoms with van der Waals surface area (Å²) in [4.78, 5) is 11.3. The summed E-state index contributed by atoms with van der Waals surface area (Å²) in [6, 6.07) is 3.29. The molecule has 0 aliphatic rings.